The Bertz CT molecular complexity index is 535. The van der Waals surface area contributed by atoms with E-state index in [1.165, 1.54) is 5.57 Å². The van der Waals surface area contributed by atoms with Gasteiger partial charge in [-0.15, -0.1) is 0 Å². The number of carbonyl (C=O) groups is 2. The highest BCUT2D eigenvalue weighted by atomic mass is 16.3. The summed E-state index contributed by atoms with van der Waals surface area (Å²) in [6.45, 7) is 2.01. The van der Waals surface area contributed by atoms with Gasteiger partial charge in [-0.2, -0.15) is 0 Å². The van der Waals surface area contributed by atoms with Gasteiger partial charge in [-0.3, -0.25) is 9.59 Å². The number of rotatable bonds is 9. The van der Waals surface area contributed by atoms with Crippen LogP contribution in [0.1, 0.15) is 58.3 Å². The van der Waals surface area contributed by atoms with Gasteiger partial charge in [-0.05, 0) is 56.4 Å². The van der Waals surface area contributed by atoms with Crippen LogP contribution in [-0.4, -0.2) is 41.9 Å². The lowest BCUT2D eigenvalue weighted by atomic mass is 9.88. The highest BCUT2D eigenvalue weighted by Crippen LogP contribution is 2.48. The van der Waals surface area contributed by atoms with Gasteiger partial charge in [-0.25, -0.2) is 0 Å². The van der Waals surface area contributed by atoms with Gasteiger partial charge in [0.15, 0.2) is 5.78 Å². The molecule has 140 valence electrons. The van der Waals surface area contributed by atoms with Crippen molar-refractivity contribution in [3.63, 3.8) is 0 Å². The third kappa shape index (κ3) is 5.53. The number of fused-ring (bicyclic) bond motifs is 1. The van der Waals surface area contributed by atoms with Gasteiger partial charge < -0.3 is 10.0 Å². The number of aliphatic hydroxyl groups excluding tert-OH is 1. The fraction of sp³-hybridized carbons (Fsp3) is 0.714. The van der Waals surface area contributed by atoms with Crippen LogP contribution < -0.4 is 0 Å². The Balaban J connectivity index is 1.79. The molecule has 1 fully saturated rings. The number of hydrogen-bond donors (Lipinski definition) is 1. The van der Waals surface area contributed by atoms with Crippen molar-refractivity contribution in [2.75, 3.05) is 14.1 Å². The van der Waals surface area contributed by atoms with Crippen molar-refractivity contribution in [1.29, 1.82) is 0 Å². The molecule has 1 saturated carbocycles. The van der Waals surface area contributed by atoms with Crippen molar-refractivity contribution >= 4 is 11.7 Å². The number of unbranched alkanes of at least 4 members (excludes halogenated alkanes) is 1. The van der Waals surface area contributed by atoms with Gasteiger partial charge in [0, 0.05) is 32.9 Å². The van der Waals surface area contributed by atoms with Crippen molar-refractivity contribution in [2.24, 2.45) is 17.8 Å². The van der Waals surface area contributed by atoms with Crippen molar-refractivity contribution < 1.29 is 14.7 Å². The predicted octanol–water partition coefficient (Wildman–Crippen LogP) is 3.50. The third-order valence-corrected chi connectivity index (χ3v) is 5.59. The summed E-state index contributed by atoms with van der Waals surface area (Å²) in [5.41, 5.74) is 1.47. The molecular weight excluding hydrogens is 314 g/mol. The normalized spacial score (nSPS) is 28.2. The molecule has 4 atom stereocenters. The smallest absolute Gasteiger partial charge is 0.222 e. The summed E-state index contributed by atoms with van der Waals surface area (Å²) in [6.07, 6.45) is 12.6. The van der Waals surface area contributed by atoms with Crippen molar-refractivity contribution in [3.8, 4) is 0 Å². The number of ketones is 1. The van der Waals surface area contributed by atoms with E-state index in [9.17, 15) is 14.7 Å². The zero-order valence-electron chi connectivity index (χ0n) is 15.9. The third-order valence-electron chi connectivity index (χ3n) is 5.59. The van der Waals surface area contributed by atoms with Gasteiger partial charge in [0.05, 0.1) is 6.10 Å². The molecular formula is C21H33NO3. The van der Waals surface area contributed by atoms with E-state index in [1.54, 1.807) is 25.1 Å². The molecule has 0 saturated heterocycles. The van der Waals surface area contributed by atoms with Crippen molar-refractivity contribution in [2.45, 2.75) is 64.4 Å². The Morgan fingerprint density at radius 3 is 2.72 bits per heavy atom. The summed E-state index contributed by atoms with van der Waals surface area (Å²) in [6, 6.07) is 0. The van der Waals surface area contributed by atoms with Gasteiger partial charge in [0.1, 0.15) is 0 Å². The van der Waals surface area contributed by atoms with Crippen LogP contribution in [0.2, 0.25) is 0 Å². The standard InChI is InChI=1S/C21H33NO3/c1-4-7-17(23)10-11-18-19-13-15(12-16(19)14-20(18)24)8-5-6-9-21(25)22(2)3/h10-12,16,18-20,24H,4-9,13-14H2,1-3H3/t16-,18+,19-,20+/m0/s1. The number of allylic oxidation sites excluding steroid dienone is 3. The lowest BCUT2D eigenvalue weighted by molar-refractivity contribution is -0.128. The van der Waals surface area contributed by atoms with Gasteiger partial charge in [0.25, 0.3) is 0 Å². The van der Waals surface area contributed by atoms with Crippen LogP contribution in [0.25, 0.3) is 0 Å². The molecule has 2 aliphatic rings. The minimum absolute atomic E-state index is 0.106. The van der Waals surface area contributed by atoms with E-state index >= 15 is 0 Å². The number of carbonyl (C=O) groups excluding carboxylic acids is 2. The summed E-state index contributed by atoms with van der Waals surface area (Å²) >= 11 is 0. The average Bonchev–Trinajstić information content (AvgIpc) is 3.06. The first-order valence-corrected chi connectivity index (χ1v) is 9.71. The maximum atomic E-state index is 11.7. The molecule has 0 heterocycles. The molecule has 0 aromatic rings. The number of amides is 1. The molecule has 4 nitrogen and oxygen atoms in total. The monoisotopic (exact) mass is 347 g/mol. The van der Waals surface area contributed by atoms with Crippen LogP contribution in [0, 0.1) is 17.8 Å². The second-order valence-electron chi connectivity index (χ2n) is 7.81. The second kappa shape index (κ2) is 9.33. The Kier molecular flexibility index (Phi) is 7.42. The summed E-state index contributed by atoms with van der Waals surface area (Å²) in [5, 5.41) is 10.3. The SMILES string of the molecule is CCCC(=O)C=C[C@@H]1[C@H]2CC(CCCCC(=O)N(C)C)=C[C@H]2C[C@H]1O. The van der Waals surface area contributed by atoms with E-state index in [-0.39, 0.29) is 23.7 Å². The van der Waals surface area contributed by atoms with E-state index in [0.717, 1.165) is 38.5 Å². The van der Waals surface area contributed by atoms with E-state index in [2.05, 4.69) is 6.08 Å². The zero-order chi connectivity index (χ0) is 18.4. The van der Waals surface area contributed by atoms with E-state index in [4.69, 9.17) is 0 Å². The van der Waals surface area contributed by atoms with Crippen LogP contribution in [-0.2, 0) is 9.59 Å². The maximum absolute atomic E-state index is 11.7. The average molecular weight is 347 g/mol. The lowest BCUT2D eigenvalue weighted by Gasteiger charge is -2.18. The molecule has 25 heavy (non-hydrogen) atoms. The van der Waals surface area contributed by atoms with Crippen molar-refractivity contribution in [3.05, 3.63) is 23.8 Å². The molecule has 0 aromatic heterocycles. The molecule has 0 spiro atoms. The molecule has 2 aliphatic carbocycles. The Labute approximate surface area is 152 Å². The van der Waals surface area contributed by atoms with Crippen LogP contribution in [0.5, 0.6) is 0 Å². The number of aliphatic hydroxyl groups is 1. The molecule has 0 unspecified atom stereocenters. The minimum Gasteiger partial charge on any atom is -0.392 e. The number of nitrogens with zero attached hydrogens (tertiary/aromatic N) is 1. The molecule has 0 aliphatic heterocycles. The van der Waals surface area contributed by atoms with Gasteiger partial charge in [0.2, 0.25) is 5.91 Å². The first kappa shape index (κ1) is 19.9. The fourth-order valence-corrected chi connectivity index (χ4v) is 4.19. The Hall–Kier alpha value is -1.42. The first-order chi connectivity index (χ1) is 11.9. The molecule has 0 bridgehead atoms. The molecule has 1 N–H and O–H groups in total. The van der Waals surface area contributed by atoms with E-state index < -0.39 is 0 Å². The molecule has 4 heteroatoms. The summed E-state index contributed by atoms with van der Waals surface area (Å²) in [5.74, 6) is 1.36. The van der Waals surface area contributed by atoms with E-state index in [0.29, 0.717) is 24.7 Å². The van der Waals surface area contributed by atoms with Gasteiger partial charge in [-0.1, -0.05) is 24.6 Å². The minimum atomic E-state index is -0.323. The first-order valence-electron chi connectivity index (χ1n) is 9.71. The zero-order valence-corrected chi connectivity index (χ0v) is 15.9. The molecule has 0 aromatic carbocycles. The van der Waals surface area contributed by atoms with Crippen LogP contribution in [0.3, 0.4) is 0 Å². The fourth-order valence-electron chi connectivity index (χ4n) is 4.19. The summed E-state index contributed by atoms with van der Waals surface area (Å²) in [4.78, 5) is 25.0. The molecule has 1 amide bonds. The quantitative estimate of drug-likeness (QED) is 0.394. The van der Waals surface area contributed by atoms with Crippen LogP contribution in [0.4, 0.5) is 0 Å². The van der Waals surface area contributed by atoms with Crippen LogP contribution >= 0.6 is 0 Å². The Morgan fingerprint density at radius 2 is 2.04 bits per heavy atom. The topological polar surface area (TPSA) is 57.6 Å². The predicted molar refractivity (Wildman–Crippen MR) is 100 cm³/mol. The van der Waals surface area contributed by atoms with Crippen molar-refractivity contribution in [1.82, 2.24) is 4.90 Å². The largest absolute Gasteiger partial charge is 0.392 e. The Morgan fingerprint density at radius 1 is 1.28 bits per heavy atom. The van der Waals surface area contributed by atoms with Gasteiger partial charge >= 0.3 is 0 Å². The highest BCUT2D eigenvalue weighted by molar-refractivity contribution is 5.89. The highest BCUT2D eigenvalue weighted by Gasteiger charge is 2.43. The molecule has 2 rings (SSSR count). The summed E-state index contributed by atoms with van der Waals surface area (Å²) < 4.78 is 0. The number of hydrogen-bond acceptors (Lipinski definition) is 3. The molecule has 0 radical (unpaired) electrons. The maximum Gasteiger partial charge on any atom is 0.222 e. The van der Waals surface area contributed by atoms with Crippen LogP contribution in [0.15, 0.2) is 23.8 Å². The second-order valence-corrected chi connectivity index (χ2v) is 7.81. The van der Waals surface area contributed by atoms with E-state index in [1.807, 2.05) is 13.0 Å². The summed E-state index contributed by atoms with van der Waals surface area (Å²) in [7, 11) is 3.60. The lowest BCUT2D eigenvalue weighted by Crippen LogP contribution is -2.21.